The first kappa shape index (κ1) is 15.2. The van der Waals surface area contributed by atoms with Gasteiger partial charge in [0.2, 0.25) is 0 Å². The third kappa shape index (κ3) is 3.04. The molecule has 0 aromatic heterocycles. The van der Waals surface area contributed by atoms with Crippen molar-refractivity contribution in [3.63, 3.8) is 0 Å². The first-order valence-corrected chi connectivity index (χ1v) is 7.90. The maximum absolute atomic E-state index is 12.2. The summed E-state index contributed by atoms with van der Waals surface area (Å²) in [4.78, 5) is 24.7. The third-order valence-corrected chi connectivity index (χ3v) is 4.93. The Morgan fingerprint density at radius 3 is 2.77 bits per heavy atom. The summed E-state index contributed by atoms with van der Waals surface area (Å²) in [5.74, 6) is -1.26. The molecule has 1 unspecified atom stereocenters. The van der Waals surface area contributed by atoms with Crippen LogP contribution in [0.3, 0.4) is 0 Å². The summed E-state index contributed by atoms with van der Waals surface area (Å²) in [6.45, 7) is 1.37. The van der Waals surface area contributed by atoms with E-state index in [-0.39, 0.29) is 11.4 Å². The summed E-state index contributed by atoms with van der Waals surface area (Å²) in [5, 5.41) is 12.6. The Labute approximate surface area is 134 Å². The molecule has 2 aliphatic rings. The summed E-state index contributed by atoms with van der Waals surface area (Å²) in [6.07, 6.45) is 2.60. The molecule has 1 atom stereocenters. The molecule has 3 rings (SSSR count). The molecule has 2 amide bonds. The smallest absolute Gasteiger partial charge is 0.317 e. The van der Waals surface area contributed by atoms with E-state index in [1.165, 1.54) is 0 Å². The van der Waals surface area contributed by atoms with Crippen molar-refractivity contribution >= 4 is 23.6 Å². The zero-order chi connectivity index (χ0) is 15.7. The summed E-state index contributed by atoms with van der Waals surface area (Å²) in [6, 6.07) is 7.60. The van der Waals surface area contributed by atoms with Crippen LogP contribution in [0, 0.1) is 5.92 Å². The van der Waals surface area contributed by atoms with Gasteiger partial charge in [-0.05, 0) is 37.0 Å². The molecule has 0 spiro atoms. The van der Waals surface area contributed by atoms with Crippen LogP contribution in [-0.2, 0) is 10.2 Å². The number of aliphatic carboxylic acids is 1. The molecule has 22 heavy (non-hydrogen) atoms. The van der Waals surface area contributed by atoms with Crippen LogP contribution in [-0.4, -0.2) is 41.6 Å². The number of likely N-dealkylation sites (tertiary alicyclic amines) is 1. The van der Waals surface area contributed by atoms with E-state index in [0.717, 1.165) is 18.4 Å². The van der Waals surface area contributed by atoms with Crippen molar-refractivity contribution < 1.29 is 14.7 Å². The van der Waals surface area contributed by atoms with Gasteiger partial charge in [-0.3, -0.25) is 4.79 Å². The molecular formula is C16H19ClN2O3. The number of carboxylic acids is 1. The van der Waals surface area contributed by atoms with Gasteiger partial charge in [-0.15, -0.1) is 0 Å². The molecule has 6 heteroatoms. The van der Waals surface area contributed by atoms with Gasteiger partial charge in [0.15, 0.2) is 0 Å². The molecule has 0 radical (unpaired) electrons. The van der Waals surface area contributed by atoms with Crippen LogP contribution in [0.2, 0.25) is 5.02 Å². The zero-order valence-electron chi connectivity index (χ0n) is 12.2. The minimum absolute atomic E-state index is 0.00746. The predicted molar refractivity (Wildman–Crippen MR) is 83.1 cm³/mol. The lowest BCUT2D eigenvalue weighted by Gasteiger charge is -2.21. The Bertz CT molecular complexity index is 601. The topological polar surface area (TPSA) is 69.6 Å². The first-order chi connectivity index (χ1) is 10.5. The van der Waals surface area contributed by atoms with E-state index >= 15 is 0 Å². The number of hydrogen-bond donors (Lipinski definition) is 2. The molecule has 1 heterocycles. The molecule has 1 aromatic rings. The second-order valence-electron chi connectivity index (χ2n) is 6.22. The van der Waals surface area contributed by atoms with E-state index in [2.05, 4.69) is 5.32 Å². The molecule has 1 saturated carbocycles. The van der Waals surface area contributed by atoms with Gasteiger partial charge in [-0.2, -0.15) is 0 Å². The molecule has 2 N–H and O–H groups in total. The van der Waals surface area contributed by atoms with E-state index in [4.69, 9.17) is 16.7 Å². The SMILES string of the molecule is O=C(O)C1CCN(C(=O)NCC2(c3cccc(Cl)c3)CC2)C1. The highest BCUT2D eigenvalue weighted by atomic mass is 35.5. The Balaban J connectivity index is 1.56. The van der Waals surface area contributed by atoms with Crippen LogP contribution in [0.15, 0.2) is 24.3 Å². The Hall–Kier alpha value is -1.75. The molecule has 1 aromatic carbocycles. The highest BCUT2D eigenvalue weighted by molar-refractivity contribution is 6.30. The number of halogens is 1. The number of amides is 2. The zero-order valence-corrected chi connectivity index (χ0v) is 13.0. The number of hydrogen-bond acceptors (Lipinski definition) is 2. The van der Waals surface area contributed by atoms with Crippen LogP contribution in [0.5, 0.6) is 0 Å². The van der Waals surface area contributed by atoms with Gasteiger partial charge in [0.05, 0.1) is 5.92 Å². The van der Waals surface area contributed by atoms with Crippen molar-refractivity contribution in [1.82, 2.24) is 10.2 Å². The Kier molecular flexibility index (Phi) is 4.00. The van der Waals surface area contributed by atoms with Crippen LogP contribution in [0.1, 0.15) is 24.8 Å². The van der Waals surface area contributed by atoms with Crippen molar-refractivity contribution in [3.05, 3.63) is 34.9 Å². The Morgan fingerprint density at radius 1 is 1.41 bits per heavy atom. The normalized spacial score (nSPS) is 22.4. The number of carboxylic acid groups (broad SMARTS) is 1. The van der Waals surface area contributed by atoms with Gasteiger partial charge in [0.1, 0.15) is 0 Å². The van der Waals surface area contributed by atoms with E-state index in [1.807, 2.05) is 24.3 Å². The highest BCUT2D eigenvalue weighted by Gasteiger charge is 2.44. The van der Waals surface area contributed by atoms with Crippen LogP contribution in [0.25, 0.3) is 0 Å². The molecule has 2 fully saturated rings. The van der Waals surface area contributed by atoms with Crippen molar-refractivity contribution in [1.29, 1.82) is 0 Å². The number of nitrogens with one attached hydrogen (secondary N) is 1. The monoisotopic (exact) mass is 322 g/mol. The first-order valence-electron chi connectivity index (χ1n) is 7.52. The van der Waals surface area contributed by atoms with E-state index in [1.54, 1.807) is 4.90 Å². The lowest BCUT2D eigenvalue weighted by molar-refractivity contribution is -0.141. The average molecular weight is 323 g/mol. The lowest BCUT2D eigenvalue weighted by atomic mass is 9.96. The summed E-state index contributed by atoms with van der Waals surface area (Å²) in [7, 11) is 0. The van der Waals surface area contributed by atoms with E-state index in [0.29, 0.717) is 31.1 Å². The fourth-order valence-corrected chi connectivity index (χ4v) is 3.23. The highest BCUT2D eigenvalue weighted by Crippen LogP contribution is 2.48. The number of rotatable bonds is 4. The molecule has 1 aliphatic heterocycles. The van der Waals surface area contributed by atoms with Gasteiger partial charge in [0.25, 0.3) is 0 Å². The van der Waals surface area contributed by atoms with Crippen molar-refractivity contribution in [2.24, 2.45) is 5.92 Å². The second kappa shape index (κ2) is 5.80. The Morgan fingerprint density at radius 2 is 2.18 bits per heavy atom. The summed E-state index contributed by atoms with van der Waals surface area (Å²) >= 11 is 6.04. The fourth-order valence-electron chi connectivity index (χ4n) is 3.04. The van der Waals surface area contributed by atoms with E-state index in [9.17, 15) is 9.59 Å². The number of nitrogens with zero attached hydrogens (tertiary/aromatic N) is 1. The van der Waals surface area contributed by atoms with Crippen molar-refractivity contribution in [2.75, 3.05) is 19.6 Å². The van der Waals surface area contributed by atoms with Crippen LogP contribution >= 0.6 is 11.6 Å². The third-order valence-electron chi connectivity index (χ3n) is 4.69. The van der Waals surface area contributed by atoms with Gasteiger partial charge < -0.3 is 15.3 Å². The minimum Gasteiger partial charge on any atom is -0.481 e. The maximum atomic E-state index is 12.2. The average Bonchev–Trinajstić information content (AvgIpc) is 3.11. The van der Waals surface area contributed by atoms with Gasteiger partial charge in [0, 0.05) is 30.1 Å². The number of carbonyl (C=O) groups excluding carboxylic acids is 1. The second-order valence-corrected chi connectivity index (χ2v) is 6.66. The largest absolute Gasteiger partial charge is 0.481 e. The molecule has 1 aliphatic carbocycles. The molecule has 118 valence electrons. The lowest BCUT2D eigenvalue weighted by Crippen LogP contribution is -2.42. The minimum atomic E-state index is -0.826. The molecular weight excluding hydrogens is 304 g/mol. The number of benzene rings is 1. The maximum Gasteiger partial charge on any atom is 0.317 e. The predicted octanol–water partition coefficient (Wildman–Crippen LogP) is 2.49. The van der Waals surface area contributed by atoms with Crippen molar-refractivity contribution in [3.8, 4) is 0 Å². The standard InChI is InChI=1S/C16H19ClN2O3/c17-13-3-1-2-12(8-13)16(5-6-16)10-18-15(22)19-7-4-11(9-19)14(20)21/h1-3,8,11H,4-7,9-10H2,(H,18,22)(H,20,21). The fraction of sp³-hybridized carbons (Fsp3) is 0.500. The van der Waals surface area contributed by atoms with Gasteiger partial charge in [-0.1, -0.05) is 23.7 Å². The molecule has 0 bridgehead atoms. The van der Waals surface area contributed by atoms with Gasteiger partial charge >= 0.3 is 12.0 Å². The van der Waals surface area contributed by atoms with Crippen molar-refractivity contribution in [2.45, 2.75) is 24.7 Å². The number of carbonyl (C=O) groups is 2. The summed E-state index contributed by atoms with van der Waals surface area (Å²) < 4.78 is 0. The van der Waals surface area contributed by atoms with Crippen LogP contribution < -0.4 is 5.32 Å². The van der Waals surface area contributed by atoms with E-state index < -0.39 is 11.9 Å². The van der Waals surface area contributed by atoms with Crippen LogP contribution in [0.4, 0.5) is 4.79 Å². The summed E-state index contributed by atoms with van der Waals surface area (Å²) in [5.41, 5.74) is 1.15. The molecule has 5 nitrogen and oxygen atoms in total. The number of urea groups is 1. The molecule has 1 saturated heterocycles. The quantitative estimate of drug-likeness (QED) is 0.894. The van der Waals surface area contributed by atoms with Gasteiger partial charge in [-0.25, -0.2) is 4.79 Å².